The number of amides is 1. The average molecular weight is 473 g/mol. The molecule has 4 atom stereocenters. The minimum absolute atomic E-state index is 0.0524. The zero-order chi connectivity index (χ0) is 23.4. The number of nitrogens with two attached hydrogens (primary N) is 1. The molecular weight excluding hydrogens is 434 g/mol. The highest BCUT2D eigenvalue weighted by atomic mass is 32.2. The van der Waals surface area contributed by atoms with E-state index in [4.69, 9.17) is 10.5 Å². The first kappa shape index (κ1) is 27.9. The average Bonchev–Trinajstić information content (AvgIpc) is 2.75. The zero-order valence-corrected chi connectivity index (χ0v) is 20.7. The highest BCUT2D eigenvalue weighted by Gasteiger charge is 2.24. The number of carbonyl (C=O) groups excluding carboxylic acids is 1. The molecule has 1 amide bonds. The van der Waals surface area contributed by atoms with Crippen molar-refractivity contribution in [1.82, 2.24) is 10.6 Å². The summed E-state index contributed by atoms with van der Waals surface area (Å²) in [4.78, 5) is 12.9. The molecular formula is C22H38N3O4S2. The van der Waals surface area contributed by atoms with Crippen LogP contribution in [0, 0.1) is 12.3 Å². The maximum Gasteiger partial charge on any atom is 0.249 e. The second kappa shape index (κ2) is 14.1. The molecule has 0 spiro atoms. The predicted molar refractivity (Wildman–Crippen MR) is 129 cm³/mol. The van der Waals surface area contributed by atoms with Gasteiger partial charge in [0.2, 0.25) is 5.91 Å². The number of hydrogen-bond donors (Lipinski definition) is 4. The molecule has 1 rings (SSSR count). The van der Waals surface area contributed by atoms with Gasteiger partial charge in [-0.1, -0.05) is 39.3 Å². The standard InChI is InChI=1S/C22H38N3O4S2/c1-5-11-24-22(26)21(12-17-7-9-19(10-8-17)31(4,27)28)29-14-20(16(3)6-2)25-13-18(23)15-30/h5,7-10,16,18,20-21,25,30H,6,11-15,23H2,1-4H3,(H,24,26)/t16-,18+,20+,21-/m0/s1. The zero-order valence-electron chi connectivity index (χ0n) is 19.0. The highest BCUT2D eigenvalue weighted by Crippen LogP contribution is 2.15. The molecule has 31 heavy (non-hydrogen) atoms. The molecule has 0 saturated carbocycles. The molecule has 0 heterocycles. The summed E-state index contributed by atoms with van der Waals surface area (Å²) in [6.07, 6.45) is 3.66. The van der Waals surface area contributed by atoms with E-state index < -0.39 is 15.9 Å². The van der Waals surface area contributed by atoms with Gasteiger partial charge in [-0.2, -0.15) is 12.6 Å². The summed E-state index contributed by atoms with van der Waals surface area (Å²) in [5.41, 5.74) is 6.81. The van der Waals surface area contributed by atoms with Gasteiger partial charge in [0.25, 0.3) is 0 Å². The summed E-state index contributed by atoms with van der Waals surface area (Å²) in [5.74, 6) is 0.734. The molecule has 0 aliphatic heterocycles. The predicted octanol–water partition coefficient (Wildman–Crippen LogP) is 1.62. The fourth-order valence-electron chi connectivity index (χ4n) is 2.93. The van der Waals surface area contributed by atoms with Gasteiger partial charge in [-0.15, -0.1) is 0 Å². The van der Waals surface area contributed by atoms with E-state index in [-0.39, 0.29) is 22.9 Å². The maximum atomic E-state index is 12.7. The largest absolute Gasteiger partial charge is 0.366 e. The first-order chi connectivity index (χ1) is 14.6. The molecule has 0 fully saturated rings. The Labute approximate surface area is 193 Å². The van der Waals surface area contributed by atoms with Crippen molar-refractivity contribution in [1.29, 1.82) is 0 Å². The number of carbonyl (C=O) groups is 1. The van der Waals surface area contributed by atoms with Gasteiger partial charge in [0.05, 0.1) is 11.5 Å². The van der Waals surface area contributed by atoms with Gasteiger partial charge < -0.3 is 21.1 Å². The van der Waals surface area contributed by atoms with Crippen molar-refractivity contribution >= 4 is 28.4 Å². The Kier molecular flexibility index (Phi) is 12.7. The molecule has 0 unspecified atom stereocenters. The van der Waals surface area contributed by atoms with E-state index in [0.717, 1.165) is 12.0 Å². The molecule has 7 nitrogen and oxygen atoms in total. The van der Waals surface area contributed by atoms with Crippen LogP contribution in [0.5, 0.6) is 0 Å². The van der Waals surface area contributed by atoms with Crippen molar-refractivity contribution in [2.45, 2.75) is 56.7 Å². The number of nitrogens with one attached hydrogen (secondary N) is 2. The molecule has 0 bridgehead atoms. The lowest BCUT2D eigenvalue weighted by atomic mass is 9.99. The van der Waals surface area contributed by atoms with Crippen molar-refractivity contribution < 1.29 is 17.9 Å². The number of benzene rings is 1. The van der Waals surface area contributed by atoms with Gasteiger partial charge in [-0.25, -0.2) is 8.42 Å². The fraction of sp³-hybridized carbons (Fsp3) is 0.636. The molecule has 9 heteroatoms. The Balaban J connectivity index is 2.89. The van der Waals surface area contributed by atoms with E-state index in [2.05, 4.69) is 37.1 Å². The molecule has 0 aromatic heterocycles. The molecule has 0 aliphatic carbocycles. The highest BCUT2D eigenvalue weighted by molar-refractivity contribution is 7.90. The van der Waals surface area contributed by atoms with Crippen LogP contribution in [0.25, 0.3) is 0 Å². The van der Waals surface area contributed by atoms with Crippen LogP contribution in [-0.4, -0.2) is 64.2 Å². The van der Waals surface area contributed by atoms with Crippen LogP contribution in [0.2, 0.25) is 0 Å². The third kappa shape index (κ3) is 10.4. The van der Waals surface area contributed by atoms with E-state index >= 15 is 0 Å². The van der Waals surface area contributed by atoms with E-state index in [1.165, 1.54) is 6.26 Å². The van der Waals surface area contributed by atoms with Crippen molar-refractivity contribution in [3.05, 3.63) is 36.2 Å². The van der Waals surface area contributed by atoms with E-state index in [1.54, 1.807) is 24.3 Å². The van der Waals surface area contributed by atoms with Crippen molar-refractivity contribution in [2.75, 3.05) is 31.7 Å². The van der Waals surface area contributed by atoms with E-state index in [9.17, 15) is 13.2 Å². The lowest BCUT2D eigenvalue weighted by Gasteiger charge is -2.28. The van der Waals surface area contributed by atoms with Gasteiger partial charge >= 0.3 is 0 Å². The van der Waals surface area contributed by atoms with Gasteiger partial charge in [-0.3, -0.25) is 4.79 Å². The van der Waals surface area contributed by atoms with Crippen LogP contribution in [0.15, 0.2) is 29.2 Å². The summed E-state index contributed by atoms with van der Waals surface area (Å²) in [5, 5.41) is 6.29. The lowest BCUT2D eigenvalue weighted by Crippen LogP contribution is -2.47. The molecule has 1 aromatic rings. The monoisotopic (exact) mass is 472 g/mol. The summed E-state index contributed by atoms with van der Waals surface area (Å²) in [7, 11) is -3.26. The molecule has 0 saturated heterocycles. The summed E-state index contributed by atoms with van der Waals surface area (Å²) in [6.45, 7) is 7.56. The van der Waals surface area contributed by atoms with Gasteiger partial charge in [0.15, 0.2) is 9.84 Å². The third-order valence-corrected chi connectivity index (χ3v) is 6.83. The quantitative estimate of drug-likeness (QED) is 0.289. The Morgan fingerprint density at radius 3 is 2.45 bits per heavy atom. The van der Waals surface area contributed by atoms with Crippen LogP contribution in [0.4, 0.5) is 0 Å². The number of thiol groups is 1. The van der Waals surface area contributed by atoms with Crippen LogP contribution in [0.3, 0.4) is 0 Å². The molecule has 1 radical (unpaired) electrons. The molecule has 177 valence electrons. The fourth-order valence-corrected chi connectivity index (χ4v) is 3.69. The van der Waals surface area contributed by atoms with Crippen molar-refractivity contribution in [3.8, 4) is 0 Å². The lowest BCUT2D eigenvalue weighted by molar-refractivity contribution is -0.133. The summed E-state index contributed by atoms with van der Waals surface area (Å²) in [6, 6.07) is 6.56. The number of sulfone groups is 1. The van der Waals surface area contributed by atoms with Crippen molar-refractivity contribution in [3.63, 3.8) is 0 Å². The number of hydrogen-bond acceptors (Lipinski definition) is 7. The number of ether oxygens (including phenoxy) is 1. The Morgan fingerprint density at radius 2 is 1.94 bits per heavy atom. The normalized spacial score (nSPS) is 15.8. The second-order valence-corrected chi connectivity index (χ2v) is 10.3. The van der Waals surface area contributed by atoms with Gasteiger partial charge in [0.1, 0.15) is 6.10 Å². The van der Waals surface area contributed by atoms with Crippen molar-refractivity contribution in [2.24, 2.45) is 11.7 Å². The first-order valence-electron chi connectivity index (χ1n) is 10.7. The van der Waals surface area contributed by atoms with E-state index in [0.29, 0.717) is 37.8 Å². The number of rotatable bonds is 15. The summed E-state index contributed by atoms with van der Waals surface area (Å²) < 4.78 is 29.4. The maximum absolute atomic E-state index is 12.7. The van der Waals surface area contributed by atoms with Crippen LogP contribution < -0.4 is 16.4 Å². The Morgan fingerprint density at radius 1 is 1.29 bits per heavy atom. The summed E-state index contributed by atoms with van der Waals surface area (Å²) >= 11 is 4.23. The Bertz CT molecular complexity index is 757. The second-order valence-electron chi connectivity index (χ2n) is 7.94. The smallest absolute Gasteiger partial charge is 0.249 e. The Hall–Kier alpha value is -1.13. The van der Waals surface area contributed by atoms with Gasteiger partial charge in [0, 0.05) is 43.6 Å². The molecule has 0 aliphatic rings. The minimum atomic E-state index is -3.26. The molecule has 1 aromatic carbocycles. The first-order valence-corrected chi connectivity index (χ1v) is 13.2. The van der Waals surface area contributed by atoms with E-state index in [1.807, 2.05) is 13.3 Å². The topological polar surface area (TPSA) is 111 Å². The molecule has 4 N–H and O–H groups in total. The van der Waals surface area contributed by atoms with Crippen LogP contribution in [-0.2, 0) is 25.8 Å². The minimum Gasteiger partial charge on any atom is -0.366 e. The van der Waals surface area contributed by atoms with Gasteiger partial charge in [-0.05, 0) is 30.0 Å². The van der Waals surface area contributed by atoms with Crippen LogP contribution in [0.1, 0.15) is 32.8 Å². The van der Waals surface area contributed by atoms with Crippen LogP contribution >= 0.6 is 12.6 Å². The third-order valence-electron chi connectivity index (χ3n) is 5.23. The SMILES string of the molecule is C[CH]CNC(=O)[C@H](Cc1ccc(S(C)(=O)=O)cc1)OC[C@@H](NC[C@@H](N)CS)[C@@H](C)CC.